The maximum atomic E-state index is 12.7. The van der Waals surface area contributed by atoms with Crippen LogP contribution >= 0.6 is 11.3 Å². The zero-order valence-electron chi connectivity index (χ0n) is 8.82. The third-order valence-corrected chi connectivity index (χ3v) is 3.24. The Morgan fingerprint density at radius 2 is 2.18 bits per heavy atom. The van der Waals surface area contributed by atoms with Gasteiger partial charge < -0.3 is 10.3 Å². The van der Waals surface area contributed by atoms with E-state index in [9.17, 15) is 13.2 Å². The summed E-state index contributed by atoms with van der Waals surface area (Å²) < 4.78 is 39.6. The Balaban J connectivity index is 2.52. The first-order valence-corrected chi connectivity index (χ1v) is 5.49. The predicted molar refractivity (Wildman–Crippen MR) is 57.2 cm³/mol. The van der Waals surface area contributed by atoms with Crippen molar-refractivity contribution in [1.82, 2.24) is 14.5 Å². The average molecular weight is 262 g/mol. The number of aromatic nitrogens is 3. The van der Waals surface area contributed by atoms with Crippen LogP contribution in [0.25, 0.3) is 10.8 Å². The summed E-state index contributed by atoms with van der Waals surface area (Å²) >= 11 is 0.919. The molecular formula is C9H9F3N4S. The lowest BCUT2D eigenvalue weighted by molar-refractivity contribution is -0.141. The van der Waals surface area contributed by atoms with Gasteiger partial charge in [-0.05, 0) is 0 Å². The van der Waals surface area contributed by atoms with Crippen LogP contribution < -0.4 is 5.73 Å². The molecule has 17 heavy (non-hydrogen) atoms. The molecule has 2 rings (SSSR count). The first-order valence-electron chi connectivity index (χ1n) is 4.68. The number of halogens is 3. The minimum Gasteiger partial charge on any atom is -0.332 e. The van der Waals surface area contributed by atoms with Crippen LogP contribution in [0.3, 0.4) is 0 Å². The van der Waals surface area contributed by atoms with Crippen LogP contribution in [0.15, 0.2) is 12.4 Å². The lowest BCUT2D eigenvalue weighted by Gasteiger charge is -2.03. The van der Waals surface area contributed by atoms with Gasteiger partial charge >= 0.3 is 6.18 Å². The molecule has 0 radical (unpaired) electrons. The lowest BCUT2D eigenvalue weighted by atomic mass is 10.3. The molecule has 2 N–H and O–H groups in total. The third kappa shape index (κ3) is 2.18. The van der Waals surface area contributed by atoms with Crippen molar-refractivity contribution in [3.63, 3.8) is 0 Å². The molecule has 2 heterocycles. The van der Waals surface area contributed by atoms with E-state index >= 15 is 0 Å². The predicted octanol–water partition coefficient (Wildman–Crippen LogP) is 2.02. The van der Waals surface area contributed by atoms with Gasteiger partial charge in [-0.15, -0.1) is 11.3 Å². The Bertz CT molecular complexity index is 529. The lowest BCUT2D eigenvalue weighted by Crippen LogP contribution is -2.10. The number of rotatable bonds is 2. The van der Waals surface area contributed by atoms with Crippen molar-refractivity contribution in [2.45, 2.75) is 12.7 Å². The van der Waals surface area contributed by atoms with Gasteiger partial charge in [-0.25, -0.2) is 9.97 Å². The molecule has 4 nitrogen and oxygen atoms in total. The second kappa shape index (κ2) is 4.11. The molecule has 92 valence electrons. The number of thiazole rings is 1. The summed E-state index contributed by atoms with van der Waals surface area (Å²) in [6.07, 6.45) is -1.33. The van der Waals surface area contributed by atoms with Crippen LogP contribution in [0.1, 0.15) is 10.6 Å². The first kappa shape index (κ1) is 12.1. The molecule has 0 spiro atoms. The summed E-state index contributed by atoms with van der Waals surface area (Å²) in [7, 11) is 1.69. The maximum absolute atomic E-state index is 12.7. The van der Waals surface area contributed by atoms with Crippen molar-refractivity contribution in [3.8, 4) is 10.8 Å². The van der Waals surface area contributed by atoms with Gasteiger partial charge in [0, 0.05) is 26.0 Å². The fourth-order valence-electron chi connectivity index (χ4n) is 1.38. The molecular weight excluding hydrogens is 253 g/mol. The normalized spacial score (nSPS) is 12.1. The van der Waals surface area contributed by atoms with E-state index in [0.717, 1.165) is 11.3 Å². The van der Waals surface area contributed by atoms with E-state index in [1.165, 1.54) is 6.20 Å². The summed E-state index contributed by atoms with van der Waals surface area (Å²) in [5, 5.41) is 0.227. The largest absolute Gasteiger partial charge is 0.434 e. The van der Waals surface area contributed by atoms with Crippen molar-refractivity contribution in [2.24, 2.45) is 12.8 Å². The summed E-state index contributed by atoms with van der Waals surface area (Å²) in [6.45, 7) is -0.184. The minimum atomic E-state index is -4.48. The number of alkyl halides is 3. The van der Waals surface area contributed by atoms with Crippen LogP contribution in [0, 0.1) is 0 Å². The molecule has 0 fully saturated rings. The van der Waals surface area contributed by atoms with Crippen LogP contribution in [0.2, 0.25) is 0 Å². The Labute approximate surface area is 98.9 Å². The summed E-state index contributed by atoms with van der Waals surface area (Å²) in [5.41, 5.74) is 4.38. The van der Waals surface area contributed by atoms with Crippen molar-refractivity contribution in [1.29, 1.82) is 0 Å². The van der Waals surface area contributed by atoms with Gasteiger partial charge in [-0.2, -0.15) is 13.2 Å². The molecule has 0 aliphatic carbocycles. The van der Waals surface area contributed by atoms with Crippen molar-refractivity contribution >= 4 is 11.3 Å². The van der Waals surface area contributed by atoms with Crippen molar-refractivity contribution in [2.75, 3.05) is 0 Å². The highest BCUT2D eigenvalue weighted by Gasteiger charge is 2.37. The Morgan fingerprint density at radius 1 is 1.47 bits per heavy atom. The van der Waals surface area contributed by atoms with Gasteiger partial charge in [-0.3, -0.25) is 0 Å². The van der Waals surface area contributed by atoms with Crippen LogP contribution in [0.4, 0.5) is 13.2 Å². The molecule has 0 unspecified atom stereocenters. The molecule has 0 aromatic carbocycles. The van der Waals surface area contributed by atoms with Gasteiger partial charge in [-0.1, -0.05) is 0 Å². The molecule has 0 bridgehead atoms. The van der Waals surface area contributed by atoms with Gasteiger partial charge in [0.1, 0.15) is 0 Å². The molecule has 2 aromatic heterocycles. The Morgan fingerprint density at radius 3 is 2.59 bits per heavy atom. The second-order valence-electron chi connectivity index (χ2n) is 3.35. The molecule has 0 aliphatic heterocycles. The van der Waals surface area contributed by atoms with Gasteiger partial charge in [0.05, 0.1) is 4.88 Å². The summed E-state index contributed by atoms with van der Waals surface area (Å²) in [5.74, 6) is 0.403. The van der Waals surface area contributed by atoms with Crippen molar-refractivity contribution < 1.29 is 13.2 Å². The molecule has 0 amide bonds. The second-order valence-corrected chi connectivity index (χ2v) is 4.44. The van der Waals surface area contributed by atoms with Gasteiger partial charge in [0.2, 0.25) is 0 Å². The molecule has 0 saturated heterocycles. The fraction of sp³-hybridized carbons (Fsp3) is 0.333. The van der Waals surface area contributed by atoms with E-state index in [1.807, 2.05) is 0 Å². The topological polar surface area (TPSA) is 56.7 Å². The highest BCUT2D eigenvalue weighted by molar-refractivity contribution is 7.15. The van der Waals surface area contributed by atoms with E-state index in [2.05, 4.69) is 9.97 Å². The maximum Gasteiger partial charge on any atom is 0.434 e. The summed E-state index contributed by atoms with van der Waals surface area (Å²) in [6, 6.07) is 0. The Kier molecular flexibility index (Phi) is 2.92. The highest BCUT2D eigenvalue weighted by Crippen LogP contribution is 2.36. The minimum absolute atomic E-state index is 0.0236. The van der Waals surface area contributed by atoms with Crippen LogP contribution in [0.5, 0.6) is 0 Å². The van der Waals surface area contributed by atoms with E-state index in [1.54, 1.807) is 17.8 Å². The van der Waals surface area contributed by atoms with E-state index in [4.69, 9.17) is 5.73 Å². The number of nitrogens with zero attached hydrogens (tertiary/aromatic N) is 3. The third-order valence-electron chi connectivity index (χ3n) is 2.16. The van der Waals surface area contributed by atoms with E-state index in [0.29, 0.717) is 5.82 Å². The quantitative estimate of drug-likeness (QED) is 0.900. The number of aryl methyl sites for hydroxylation is 1. The van der Waals surface area contributed by atoms with Gasteiger partial charge in [0.15, 0.2) is 16.5 Å². The SMILES string of the molecule is Cn1ccnc1-c1nc(C(F)(F)F)c(CN)s1. The fourth-order valence-corrected chi connectivity index (χ4v) is 2.38. The summed E-state index contributed by atoms with van der Waals surface area (Å²) in [4.78, 5) is 7.57. The van der Waals surface area contributed by atoms with Crippen LogP contribution in [-0.2, 0) is 19.8 Å². The standard InChI is InChI=1S/C9H9F3N4S/c1-16-3-2-14-7(16)8-15-6(9(10,11)12)5(4-13)17-8/h2-3H,4,13H2,1H3. The van der Waals surface area contributed by atoms with Crippen LogP contribution in [-0.4, -0.2) is 14.5 Å². The monoisotopic (exact) mass is 262 g/mol. The number of imidazole rings is 1. The molecule has 0 saturated carbocycles. The average Bonchev–Trinajstić information content (AvgIpc) is 2.81. The molecule has 0 atom stereocenters. The van der Waals surface area contributed by atoms with E-state index < -0.39 is 11.9 Å². The number of hydrogen-bond donors (Lipinski definition) is 1. The molecule has 0 aliphatic rings. The van der Waals surface area contributed by atoms with Crippen molar-refractivity contribution in [3.05, 3.63) is 23.0 Å². The zero-order valence-corrected chi connectivity index (χ0v) is 9.64. The molecule has 2 aromatic rings. The first-order chi connectivity index (χ1) is 7.93. The molecule has 8 heteroatoms. The zero-order chi connectivity index (χ0) is 12.6. The van der Waals surface area contributed by atoms with Gasteiger partial charge in [0.25, 0.3) is 0 Å². The highest BCUT2D eigenvalue weighted by atomic mass is 32.1. The number of hydrogen-bond acceptors (Lipinski definition) is 4. The van der Waals surface area contributed by atoms with E-state index in [-0.39, 0.29) is 16.4 Å². The Hall–Kier alpha value is -1.41. The number of nitrogens with two attached hydrogens (primary N) is 1. The smallest absolute Gasteiger partial charge is 0.332 e.